The average molecular weight is 311 g/mol. The lowest BCUT2D eigenvalue weighted by atomic mass is 10.2. The number of halogens is 2. The first-order chi connectivity index (χ1) is 10.0. The van der Waals surface area contributed by atoms with Gasteiger partial charge in [0, 0.05) is 0 Å². The molecule has 6 heteroatoms. The minimum atomic E-state index is -0.547. The van der Waals surface area contributed by atoms with Crippen molar-refractivity contribution in [3.63, 3.8) is 0 Å². The quantitative estimate of drug-likeness (QED) is 0.820. The van der Waals surface area contributed by atoms with Gasteiger partial charge in [-0.25, -0.2) is 14.4 Å². The van der Waals surface area contributed by atoms with E-state index in [-0.39, 0.29) is 22.8 Å². The largest absolute Gasteiger partial charge is 0.475 e. The van der Waals surface area contributed by atoms with Crippen LogP contribution in [0.3, 0.4) is 0 Å². The monoisotopic (exact) mass is 310 g/mol. The number of nitrogens with zero attached hydrogens (tertiary/aromatic N) is 2. The van der Waals surface area contributed by atoms with Gasteiger partial charge in [-0.15, -0.1) is 0 Å². The predicted molar refractivity (Wildman–Crippen MR) is 78.7 cm³/mol. The minimum absolute atomic E-state index is 0.0323. The Kier molecular flexibility index (Phi) is 4.96. The van der Waals surface area contributed by atoms with Gasteiger partial charge in [0.25, 0.3) is 0 Å². The van der Waals surface area contributed by atoms with Crippen molar-refractivity contribution in [1.29, 1.82) is 0 Å². The Morgan fingerprint density at radius 3 is 2.57 bits per heavy atom. The smallest absolute Gasteiger partial charge is 0.229 e. The Bertz CT molecular complexity index is 615. The van der Waals surface area contributed by atoms with Gasteiger partial charge in [0.05, 0.1) is 16.7 Å². The lowest BCUT2D eigenvalue weighted by molar-refractivity contribution is 0.228. The fourth-order valence-corrected chi connectivity index (χ4v) is 1.97. The van der Waals surface area contributed by atoms with Crippen molar-refractivity contribution in [1.82, 2.24) is 9.97 Å². The van der Waals surface area contributed by atoms with Crippen LogP contribution < -0.4 is 9.47 Å². The van der Waals surface area contributed by atoms with Crippen LogP contribution >= 0.6 is 11.6 Å². The highest BCUT2D eigenvalue weighted by Gasteiger charge is 2.17. The molecule has 0 atom stereocenters. The maximum Gasteiger partial charge on any atom is 0.229 e. The molecule has 4 nitrogen and oxygen atoms in total. The Hall–Kier alpha value is -1.88. The molecule has 0 saturated heterocycles. The Morgan fingerprint density at radius 2 is 1.95 bits per heavy atom. The van der Waals surface area contributed by atoms with Crippen LogP contribution in [-0.2, 0) is 6.42 Å². The second-order valence-corrected chi connectivity index (χ2v) is 5.04. The molecule has 1 heterocycles. The van der Waals surface area contributed by atoms with Crippen LogP contribution in [0.2, 0.25) is 5.02 Å². The summed E-state index contributed by atoms with van der Waals surface area (Å²) in [5.41, 5.74) is 0.672. The normalized spacial score (nSPS) is 10.8. The number of aromatic nitrogens is 2. The number of benzene rings is 1. The highest BCUT2D eigenvalue weighted by Crippen LogP contribution is 2.34. The van der Waals surface area contributed by atoms with Crippen LogP contribution in [0.15, 0.2) is 24.5 Å². The molecule has 21 heavy (non-hydrogen) atoms. The van der Waals surface area contributed by atoms with Crippen molar-refractivity contribution >= 4 is 11.6 Å². The zero-order chi connectivity index (χ0) is 15.4. The van der Waals surface area contributed by atoms with E-state index in [4.69, 9.17) is 21.1 Å². The molecule has 2 rings (SSSR count). The first kappa shape index (κ1) is 15.5. The van der Waals surface area contributed by atoms with Crippen LogP contribution in [-0.4, -0.2) is 16.1 Å². The molecule has 0 aliphatic heterocycles. The lowest BCUT2D eigenvalue weighted by Crippen LogP contribution is -2.10. The van der Waals surface area contributed by atoms with Crippen LogP contribution in [0.4, 0.5) is 4.39 Å². The molecule has 0 aliphatic carbocycles. The van der Waals surface area contributed by atoms with Crippen molar-refractivity contribution in [2.75, 3.05) is 0 Å². The number of rotatable bonds is 5. The second-order valence-electron chi connectivity index (χ2n) is 4.64. The average Bonchev–Trinajstić information content (AvgIpc) is 2.42. The highest BCUT2D eigenvalue weighted by atomic mass is 35.5. The van der Waals surface area contributed by atoms with Crippen LogP contribution in [0, 0.1) is 5.82 Å². The molecule has 0 bridgehead atoms. The standard InChI is InChI=1S/C15H16ClFN2O2/c1-4-10-14(20-9(2)3)18-8-19-15(10)21-13-11(16)6-5-7-12(13)17/h5-9H,4H2,1-3H3. The van der Waals surface area contributed by atoms with E-state index < -0.39 is 5.82 Å². The van der Waals surface area contributed by atoms with Gasteiger partial charge < -0.3 is 9.47 Å². The summed E-state index contributed by atoms with van der Waals surface area (Å²) in [6.45, 7) is 5.72. The predicted octanol–water partition coefficient (Wildman–Crippen LogP) is 4.41. The van der Waals surface area contributed by atoms with E-state index in [9.17, 15) is 4.39 Å². The maximum absolute atomic E-state index is 13.8. The van der Waals surface area contributed by atoms with Crippen LogP contribution in [0.25, 0.3) is 0 Å². The summed E-state index contributed by atoms with van der Waals surface area (Å²) in [6, 6.07) is 4.34. The van der Waals surface area contributed by atoms with Crippen molar-refractivity contribution < 1.29 is 13.9 Å². The Balaban J connectivity index is 2.40. The van der Waals surface area contributed by atoms with Crippen molar-refractivity contribution in [2.45, 2.75) is 33.3 Å². The summed E-state index contributed by atoms with van der Waals surface area (Å²) in [6.07, 6.45) is 1.88. The zero-order valence-electron chi connectivity index (χ0n) is 12.1. The highest BCUT2D eigenvalue weighted by molar-refractivity contribution is 6.32. The number of para-hydroxylation sites is 1. The van der Waals surface area contributed by atoms with Gasteiger partial charge in [-0.1, -0.05) is 24.6 Å². The SMILES string of the molecule is CCc1c(Oc2c(F)cccc2Cl)ncnc1OC(C)C. The maximum atomic E-state index is 13.8. The van der Waals surface area contributed by atoms with Crippen LogP contribution in [0.5, 0.6) is 17.5 Å². The molecule has 0 saturated carbocycles. The van der Waals surface area contributed by atoms with Gasteiger partial charge in [-0.2, -0.15) is 0 Å². The summed E-state index contributed by atoms with van der Waals surface area (Å²) < 4.78 is 25.0. The molecule has 112 valence electrons. The first-order valence-corrected chi connectivity index (χ1v) is 7.03. The van der Waals surface area contributed by atoms with Crippen molar-refractivity contribution in [3.8, 4) is 17.5 Å². The summed E-state index contributed by atoms with van der Waals surface area (Å²) in [7, 11) is 0. The molecular formula is C15H16ClFN2O2. The third kappa shape index (κ3) is 3.61. The molecule has 0 aliphatic rings. The van der Waals surface area contributed by atoms with E-state index in [1.807, 2.05) is 20.8 Å². The van der Waals surface area contributed by atoms with Crippen LogP contribution in [0.1, 0.15) is 26.3 Å². The molecular weight excluding hydrogens is 295 g/mol. The fraction of sp³-hybridized carbons (Fsp3) is 0.333. The summed E-state index contributed by atoms with van der Waals surface area (Å²) >= 11 is 5.96. The first-order valence-electron chi connectivity index (χ1n) is 6.65. The summed E-state index contributed by atoms with van der Waals surface area (Å²) in [4.78, 5) is 8.15. The van der Waals surface area contributed by atoms with Gasteiger partial charge in [-0.3, -0.25) is 0 Å². The van der Waals surface area contributed by atoms with E-state index >= 15 is 0 Å². The fourth-order valence-electron chi connectivity index (χ4n) is 1.77. The van der Waals surface area contributed by atoms with E-state index in [1.165, 1.54) is 18.5 Å². The van der Waals surface area contributed by atoms with Gasteiger partial charge in [0.2, 0.25) is 11.8 Å². The van der Waals surface area contributed by atoms with E-state index in [1.54, 1.807) is 6.07 Å². The molecule has 1 aromatic heterocycles. The number of hydrogen-bond acceptors (Lipinski definition) is 4. The topological polar surface area (TPSA) is 44.2 Å². The lowest BCUT2D eigenvalue weighted by Gasteiger charge is -2.15. The van der Waals surface area contributed by atoms with Gasteiger partial charge in [-0.05, 0) is 32.4 Å². The molecule has 0 fully saturated rings. The number of hydrogen-bond donors (Lipinski definition) is 0. The van der Waals surface area contributed by atoms with Crippen molar-refractivity contribution in [3.05, 3.63) is 40.9 Å². The number of ether oxygens (including phenoxy) is 2. The molecule has 0 amide bonds. The second kappa shape index (κ2) is 6.72. The third-order valence-corrected chi connectivity index (χ3v) is 2.98. The Morgan fingerprint density at radius 1 is 1.24 bits per heavy atom. The van der Waals surface area contributed by atoms with Crippen molar-refractivity contribution in [2.24, 2.45) is 0 Å². The summed E-state index contributed by atoms with van der Waals surface area (Å²) in [5, 5.41) is 0.182. The molecule has 1 aromatic carbocycles. The van der Waals surface area contributed by atoms with E-state index in [2.05, 4.69) is 9.97 Å². The van der Waals surface area contributed by atoms with Gasteiger partial charge in [0.15, 0.2) is 11.6 Å². The Labute approximate surface area is 127 Å². The molecule has 0 unspecified atom stereocenters. The van der Waals surface area contributed by atoms with E-state index in [0.29, 0.717) is 17.9 Å². The molecule has 0 radical (unpaired) electrons. The van der Waals surface area contributed by atoms with E-state index in [0.717, 1.165) is 0 Å². The minimum Gasteiger partial charge on any atom is -0.475 e. The molecule has 0 N–H and O–H groups in total. The van der Waals surface area contributed by atoms with Gasteiger partial charge in [0.1, 0.15) is 6.33 Å². The molecule has 0 spiro atoms. The van der Waals surface area contributed by atoms with Gasteiger partial charge >= 0.3 is 0 Å². The summed E-state index contributed by atoms with van der Waals surface area (Å²) in [5.74, 6) is 0.0812. The zero-order valence-corrected chi connectivity index (χ0v) is 12.8. The molecule has 2 aromatic rings. The third-order valence-electron chi connectivity index (χ3n) is 2.68.